The van der Waals surface area contributed by atoms with Gasteiger partial charge >= 0.3 is 11.9 Å². The van der Waals surface area contributed by atoms with Crippen LogP contribution in [0, 0.1) is 11.8 Å². The number of ether oxygens (including phenoxy) is 6. The zero-order valence-corrected chi connectivity index (χ0v) is 13.3. The van der Waals surface area contributed by atoms with Gasteiger partial charge in [-0.05, 0) is 38.5 Å². The van der Waals surface area contributed by atoms with Gasteiger partial charge < -0.3 is 28.4 Å². The van der Waals surface area contributed by atoms with E-state index in [9.17, 15) is 0 Å². The van der Waals surface area contributed by atoms with Crippen molar-refractivity contribution >= 4 is 0 Å². The Bertz CT molecular complexity index is 455. The molecule has 5 fully saturated rings. The molecule has 5 rings (SSSR count). The summed E-state index contributed by atoms with van der Waals surface area (Å²) in [5.41, 5.74) is -1.25. The molecule has 2 spiro atoms. The Morgan fingerprint density at radius 2 is 1.23 bits per heavy atom. The molecule has 6 nitrogen and oxygen atoms in total. The predicted octanol–water partition coefficient (Wildman–Crippen LogP) is 1.77. The lowest BCUT2D eigenvalue weighted by molar-refractivity contribution is -0.566. The molecule has 0 amide bonds. The second-order valence-electron chi connectivity index (χ2n) is 7.30. The summed E-state index contributed by atoms with van der Waals surface area (Å²) in [7, 11) is 3.31. The first kappa shape index (κ1) is 14.1. The fourth-order valence-electron chi connectivity index (χ4n) is 5.66. The first-order valence-electron chi connectivity index (χ1n) is 8.44. The molecule has 22 heavy (non-hydrogen) atoms. The molecule has 0 aromatic rings. The summed E-state index contributed by atoms with van der Waals surface area (Å²) in [4.78, 5) is 0. The second-order valence-corrected chi connectivity index (χ2v) is 7.30. The summed E-state index contributed by atoms with van der Waals surface area (Å²) in [6.45, 7) is 1.21. The van der Waals surface area contributed by atoms with Gasteiger partial charge in [-0.3, -0.25) is 0 Å². The summed E-state index contributed by atoms with van der Waals surface area (Å²) in [6, 6.07) is 0. The van der Waals surface area contributed by atoms with E-state index in [1.165, 1.54) is 0 Å². The first-order valence-corrected chi connectivity index (χ1v) is 8.44. The van der Waals surface area contributed by atoms with Gasteiger partial charge in [0.25, 0.3) is 0 Å². The SMILES string of the molecule is CO[C@@]12OC[C@H]3CCC[C@]31O[C@@]1(OC)OC[C@@H]3CCC[C@@]31O2. The highest BCUT2D eigenvalue weighted by molar-refractivity contribution is 5.16. The molecule has 2 saturated carbocycles. The van der Waals surface area contributed by atoms with Crippen LogP contribution in [0.3, 0.4) is 0 Å². The van der Waals surface area contributed by atoms with Gasteiger partial charge in [0.1, 0.15) is 0 Å². The fourth-order valence-corrected chi connectivity index (χ4v) is 5.66. The number of rotatable bonds is 2. The largest absolute Gasteiger partial charge is 0.328 e. The first-order chi connectivity index (χ1) is 10.7. The third kappa shape index (κ3) is 1.28. The minimum atomic E-state index is -1.12. The molecule has 6 heteroatoms. The Labute approximate surface area is 130 Å². The molecule has 0 N–H and O–H groups in total. The highest BCUT2D eigenvalue weighted by Crippen LogP contribution is 2.66. The van der Waals surface area contributed by atoms with Gasteiger partial charge in [0, 0.05) is 26.1 Å². The van der Waals surface area contributed by atoms with E-state index in [4.69, 9.17) is 28.4 Å². The van der Waals surface area contributed by atoms with Gasteiger partial charge in [-0.25, -0.2) is 0 Å². The van der Waals surface area contributed by atoms with Crippen LogP contribution < -0.4 is 0 Å². The topological polar surface area (TPSA) is 55.4 Å². The van der Waals surface area contributed by atoms with Crippen molar-refractivity contribution in [3.8, 4) is 0 Å². The van der Waals surface area contributed by atoms with Crippen molar-refractivity contribution in [2.75, 3.05) is 27.4 Å². The number of hydrogen-bond acceptors (Lipinski definition) is 6. The van der Waals surface area contributed by atoms with Crippen molar-refractivity contribution in [2.24, 2.45) is 11.8 Å². The van der Waals surface area contributed by atoms with Crippen molar-refractivity contribution in [2.45, 2.75) is 61.7 Å². The molecule has 0 bridgehead atoms. The molecule has 0 aromatic carbocycles. The van der Waals surface area contributed by atoms with Crippen LogP contribution in [0.2, 0.25) is 0 Å². The maximum Gasteiger partial charge on any atom is 0.315 e. The maximum absolute atomic E-state index is 6.66. The molecular formula is C16H24O6. The lowest BCUT2D eigenvalue weighted by Gasteiger charge is -2.57. The smallest absolute Gasteiger partial charge is 0.315 e. The summed E-state index contributed by atoms with van der Waals surface area (Å²) >= 11 is 0. The summed E-state index contributed by atoms with van der Waals surface area (Å²) < 4.78 is 37.1. The van der Waals surface area contributed by atoms with Crippen LogP contribution in [0.25, 0.3) is 0 Å². The van der Waals surface area contributed by atoms with Gasteiger partial charge in [0.2, 0.25) is 0 Å². The lowest BCUT2D eigenvalue weighted by atomic mass is 9.84. The van der Waals surface area contributed by atoms with Crippen molar-refractivity contribution in [3.05, 3.63) is 0 Å². The van der Waals surface area contributed by atoms with E-state index in [0.717, 1.165) is 38.5 Å². The highest BCUT2D eigenvalue weighted by Gasteiger charge is 2.82. The number of methoxy groups -OCH3 is 2. The van der Waals surface area contributed by atoms with E-state index in [0.29, 0.717) is 13.2 Å². The van der Waals surface area contributed by atoms with Gasteiger partial charge in [0.15, 0.2) is 11.2 Å². The van der Waals surface area contributed by atoms with Crippen LogP contribution in [0.15, 0.2) is 0 Å². The standard InChI is InChI=1S/C16H24O6/c1-17-15-13(7-3-5-11(13)9-19-15)22-16(18-2)14(21-15)8-4-6-12(14)10-20-16/h11-12H,3-10H2,1-2H3/t11-,12+,13+,14-,15-,16+. The Kier molecular flexibility index (Phi) is 2.72. The zero-order chi connectivity index (χ0) is 15.1. The van der Waals surface area contributed by atoms with Crippen molar-refractivity contribution in [1.29, 1.82) is 0 Å². The summed E-state index contributed by atoms with van der Waals surface area (Å²) in [5.74, 6) is -1.71. The zero-order valence-electron chi connectivity index (χ0n) is 13.3. The third-order valence-corrected chi connectivity index (χ3v) is 6.68. The fraction of sp³-hybridized carbons (Fsp3) is 1.00. The van der Waals surface area contributed by atoms with Crippen LogP contribution >= 0.6 is 0 Å². The van der Waals surface area contributed by atoms with Crippen LogP contribution in [0.1, 0.15) is 38.5 Å². The minimum absolute atomic E-state index is 0.265. The second kappa shape index (κ2) is 4.23. The molecule has 5 aliphatic rings. The van der Waals surface area contributed by atoms with Crippen LogP contribution in [0.5, 0.6) is 0 Å². The van der Waals surface area contributed by atoms with Crippen LogP contribution in [-0.4, -0.2) is 50.6 Å². The van der Waals surface area contributed by atoms with Gasteiger partial charge in [-0.15, -0.1) is 0 Å². The molecule has 3 aliphatic heterocycles. The Balaban J connectivity index is 1.66. The molecule has 124 valence electrons. The van der Waals surface area contributed by atoms with E-state index in [-0.39, 0.29) is 11.8 Å². The molecule has 3 saturated heterocycles. The monoisotopic (exact) mass is 312 g/mol. The van der Waals surface area contributed by atoms with Crippen LogP contribution in [0.4, 0.5) is 0 Å². The van der Waals surface area contributed by atoms with Gasteiger partial charge in [0.05, 0.1) is 13.2 Å². The average molecular weight is 312 g/mol. The van der Waals surface area contributed by atoms with Crippen molar-refractivity contribution < 1.29 is 28.4 Å². The average Bonchev–Trinajstić information content (AvgIpc) is 3.22. The number of hydrogen-bond donors (Lipinski definition) is 0. The predicted molar refractivity (Wildman–Crippen MR) is 73.7 cm³/mol. The Morgan fingerprint density at radius 3 is 1.64 bits per heavy atom. The van der Waals surface area contributed by atoms with Crippen LogP contribution in [-0.2, 0) is 28.4 Å². The molecule has 3 heterocycles. The normalized spacial score (nSPS) is 59.2. The minimum Gasteiger partial charge on any atom is -0.328 e. The molecule has 6 atom stereocenters. The third-order valence-electron chi connectivity index (χ3n) is 6.68. The Morgan fingerprint density at radius 1 is 0.773 bits per heavy atom. The van der Waals surface area contributed by atoms with Crippen molar-refractivity contribution in [1.82, 2.24) is 0 Å². The van der Waals surface area contributed by atoms with E-state index in [1.807, 2.05) is 0 Å². The molecule has 0 aromatic heterocycles. The van der Waals surface area contributed by atoms with Gasteiger partial charge in [-0.1, -0.05) is 0 Å². The summed E-state index contributed by atoms with van der Waals surface area (Å²) in [6.07, 6.45) is 5.98. The van der Waals surface area contributed by atoms with E-state index in [2.05, 4.69) is 0 Å². The lowest BCUT2D eigenvalue weighted by Crippen LogP contribution is -2.75. The highest BCUT2D eigenvalue weighted by atomic mass is 17.0. The Hall–Kier alpha value is -0.240. The summed E-state index contributed by atoms with van der Waals surface area (Å²) in [5, 5.41) is 0. The maximum atomic E-state index is 6.66. The van der Waals surface area contributed by atoms with Crippen molar-refractivity contribution in [3.63, 3.8) is 0 Å². The molecule has 0 radical (unpaired) electrons. The molecule has 0 unspecified atom stereocenters. The van der Waals surface area contributed by atoms with Gasteiger partial charge in [-0.2, -0.15) is 0 Å². The molecule has 2 aliphatic carbocycles. The molecular weight excluding hydrogens is 288 g/mol. The van der Waals surface area contributed by atoms with E-state index >= 15 is 0 Å². The van der Waals surface area contributed by atoms with E-state index < -0.39 is 23.1 Å². The quantitative estimate of drug-likeness (QED) is 0.774. The van der Waals surface area contributed by atoms with E-state index in [1.54, 1.807) is 14.2 Å².